The van der Waals surface area contributed by atoms with Gasteiger partial charge in [-0.2, -0.15) is 0 Å². The highest BCUT2D eigenvalue weighted by molar-refractivity contribution is 7.80. The normalized spacial score (nSPS) is 15.3. The van der Waals surface area contributed by atoms with E-state index in [0.29, 0.717) is 5.11 Å². The summed E-state index contributed by atoms with van der Waals surface area (Å²) in [5, 5.41) is 5.24. The summed E-state index contributed by atoms with van der Waals surface area (Å²) in [6, 6.07) is 14.3. The van der Waals surface area contributed by atoms with E-state index in [4.69, 9.17) is 26.1 Å². The number of morpholine rings is 1. The molecule has 4 rings (SSSR count). The molecule has 2 aromatic carbocycles. The predicted octanol–water partition coefficient (Wildman–Crippen LogP) is 5.54. The average Bonchev–Trinajstić information content (AvgIpc) is 3.29. The van der Waals surface area contributed by atoms with E-state index < -0.39 is 0 Å². The molecular weight excluding hydrogens is 446 g/mol. The molecular formula is C27H35N3O3S. The second-order valence-electron chi connectivity index (χ2n) is 8.88. The van der Waals surface area contributed by atoms with Gasteiger partial charge in [-0.05, 0) is 68.7 Å². The maximum absolute atomic E-state index is 6.29. The van der Waals surface area contributed by atoms with Gasteiger partial charge in [0.1, 0.15) is 5.76 Å². The van der Waals surface area contributed by atoms with Crippen molar-refractivity contribution in [3.8, 4) is 5.75 Å². The van der Waals surface area contributed by atoms with Crippen LogP contribution in [0.3, 0.4) is 0 Å². The van der Waals surface area contributed by atoms with Crippen LogP contribution in [0.5, 0.6) is 5.75 Å². The molecule has 1 N–H and O–H groups in total. The van der Waals surface area contributed by atoms with Gasteiger partial charge in [-0.15, -0.1) is 0 Å². The minimum atomic E-state index is -0.0353. The third-order valence-corrected chi connectivity index (χ3v) is 7.05. The molecule has 0 spiro atoms. The molecule has 0 radical (unpaired) electrons. The number of furan rings is 1. The smallest absolute Gasteiger partial charge is 0.176 e. The monoisotopic (exact) mass is 481 g/mol. The first-order valence-corrected chi connectivity index (χ1v) is 12.4. The lowest BCUT2D eigenvalue weighted by Gasteiger charge is -2.33. The Kier molecular flexibility index (Phi) is 8.08. The Labute approximate surface area is 207 Å². The number of aryl methyl sites for hydroxylation is 1. The Balaban J connectivity index is 1.55. The van der Waals surface area contributed by atoms with E-state index in [1.54, 1.807) is 7.11 Å². The molecule has 34 heavy (non-hydrogen) atoms. The molecule has 1 aromatic heterocycles. The molecule has 3 aromatic rings. The number of thiocarbonyl (C=S) groups is 1. The maximum atomic E-state index is 6.29. The molecule has 0 aliphatic carbocycles. The molecule has 1 atom stereocenters. The van der Waals surface area contributed by atoms with Crippen LogP contribution in [-0.2, 0) is 4.74 Å². The van der Waals surface area contributed by atoms with Gasteiger partial charge in [0.05, 0.1) is 26.4 Å². The molecule has 0 amide bonds. The highest BCUT2D eigenvalue weighted by Crippen LogP contribution is 2.33. The van der Waals surface area contributed by atoms with E-state index in [9.17, 15) is 0 Å². The lowest BCUT2D eigenvalue weighted by Crippen LogP contribution is -2.41. The Morgan fingerprint density at radius 1 is 1.18 bits per heavy atom. The van der Waals surface area contributed by atoms with Gasteiger partial charge in [0, 0.05) is 37.3 Å². The third-order valence-electron chi connectivity index (χ3n) is 6.71. The fourth-order valence-corrected chi connectivity index (χ4v) is 4.77. The van der Waals surface area contributed by atoms with Crippen LogP contribution in [0.2, 0.25) is 0 Å². The number of hydrogen-bond acceptors (Lipinski definition) is 5. The lowest BCUT2D eigenvalue weighted by atomic mass is 10.1. The first-order chi connectivity index (χ1) is 16.5. The molecule has 182 valence electrons. The number of anilines is 1. The number of benzene rings is 2. The van der Waals surface area contributed by atoms with Gasteiger partial charge in [-0.1, -0.05) is 24.3 Å². The summed E-state index contributed by atoms with van der Waals surface area (Å²) < 4.78 is 17.3. The van der Waals surface area contributed by atoms with Gasteiger partial charge in [0.25, 0.3) is 0 Å². The fraction of sp³-hybridized carbons (Fsp3) is 0.444. The summed E-state index contributed by atoms with van der Waals surface area (Å²) in [5.74, 6) is 1.61. The Morgan fingerprint density at radius 2 is 1.94 bits per heavy atom. The minimum Gasteiger partial charge on any atom is -0.493 e. The molecule has 1 aliphatic rings. The summed E-state index contributed by atoms with van der Waals surface area (Å²) in [5.41, 5.74) is 4.26. The third kappa shape index (κ3) is 5.54. The van der Waals surface area contributed by atoms with Crippen LogP contribution in [0.25, 0.3) is 11.0 Å². The average molecular weight is 482 g/mol. The molecule has 0 saturated carbocycles. The second kappa shape index (κ2) is 11.2. The maximum Gasteiger partial charge on any atom is 0.176 e. The highest BCUT2D eigenvalue weighted by Gasteiger charge is 2.24. The van der Waals surface area contributed by atoms with E-state index in [1.807, 2.05) is 18.2 Å². The zero-order chi connectivity index (χ0) is 24.1. The summed E-state index contributed by atoms with van der Waals surface area (Å²) in [6.45, 7) is 11.8. The number of methoxy groups -OCH3 is 1. The fourth-order valence-electron chi connectivity index (χ4n) is 4.41. The molecule has 2 heterocycles. The standard InChI is InChI=1S/C27H35N3O3S/c1-19-8-5-10-23(20(19)2)28-27(34)30(13-7-12-29-14-16-32-17-15-29)21(3)25-18-22-9-6-11-24(31-4)26(22)33-25/h5-6,8-11,18,21H,7,12-17H2,1-4H3,(H,28,34)/t21-/m1/s1. The predicted molar refractivity (Wildman–Crippen MR) is 142 cm³/mol. The SMILES string of the molecule is COc1cccc2cc([C@@H](C)N(CCCN3CCOCC3)C(=S)Nc3cccc(C)c3C)oc12. The second-order valence-corrected chi connectivity index (χ2v) is 9.27. The molecule has 0 unspecified atom stereocenters. The quantitative estimate of drug-likeness (QED) is 0.424. The summed E-state index contributed by atoms with van der Waals surface area (Å²) in [6.07, 6.45) is 1.00. The van der Waals surface area contributed by atoms with Crippen LogP contribution in [0.1, 0.15) is 36.3 Å². The number of para-hydroxylation sites is 1. The number of hydrogen-bond donors (Lipinski definition) is 1. The zero-order valence-electron chi connectivity index (χ0n) is 20.6. The Morgan fingerprint density at radius 3 is 2.71 bits per heavy atom. The topological polar surface area (TPSA) is 50.1 Å². The first kappa shape index (κ1) is 24.5. The van der Waals surface area contributed by atoms with Crippen LogP contribution >= 0.6 is 12.2 Å². The summed E-state index contributed by atoms with van der Waals surface area (Å²) >= 11 is 5.95. The van der Waals surface area contributed by atoms with Crippen LogP contribution in [0, 0.1) is 13.8 Å². The van der Waals surface area contributed by atoms with Crippen molar-refractivity contribution in [2.75, 3.05) is 51.8 Å². The highest BCUT2D eigenvalue weighted by atomic mass is 32.1. The van der Waals surface area contributed by atoms with Gasteiger partial charge in [0.15, 0.2) is 16.4 Å². The van der Waals surface area contributed by atoms with E-state index >= 15 is 0 Å². The molecule has 6 nitrogen and oxygen atoms in total. The van der Waals surface area contributed by atoms with Crippen molar-refractivity contribution in [3.63, 3.8) is 0 Å². The van der Waals surface area contributed by atoms with Crippen molar-refractivity contribution in [3.05, 3.63) is 59.4 Å². The Hall–Kier alpha value is -2.61. The van der Waals surface area contributed by atoms with Gasteiger partial charge >= 0.3 is 0 Å². The van der Waals surface area contributed by atoms with Gasteiger partial charge < -0.3 is 24.1 Å². The van der Waals surface area contributed by atoms with E-state index in [1.165, 1.54) is 11.1 Å². The number of fused-ring (bicyclic) bond motifs is 1. The summed E-state index contributed by atoms with van der Waals surface area (Å²) in [7, 11) is 1.67. The van der Waals surface area contributed by atoms with Gasteiger partial charge in [-0.25, -0.2) is 0 Å². The van der Waals surface area contributed by atoms with Crippen molar-refractivity contribution in [2.24, 2.45) is 0 Å². The van der Waals surface area contributed by atoms with Crippen LogP contribution in [-0.4, -0.2) is 61.4 Å². The van der Waals surface area contributed by atoms with Crippen molar-refractivity contribution < 1.29 is 13.9 Å². The van der Waals surface area contributed by atoms with E-state index in [-0.39, 0.29) is 6.04 Å². The van der Waals surface area contributed by atoms with Crippen LogP contribution in [0.15, 0.2) is 46.9 Å². The first-order valence-electron chi connectivity index (χ1n) is 12.0. The largest absolute Gasteiger partial charge is 0.493 e. The van der Waals surface area contributed by atoms with Gasteiger partial charge in [0.2, 0.25) is 0 Å². The van der Waals surface area contributed by atoms with Crippen LogP contribution < -0.4 is 10.1 Å². The molecule has 7 heteroatoms. The number of rotatable bonds is 8. The zero-order valence-corrected chi connectivity index (χ0v) is 21.4. The van der Waals surface area contributed by atoms with Crippen molar-refractivity contribution in [2.45, 2.75) is 33.2 Å². The number of nitrogens with one attached hydrogen (secondary N) is 1. The van der Waals surface area contributed by atoms with E-state index in [0.717, 1.165) is 74.0 Å². The lowest BCUT2D eigenvalue weighted by molar-refractivity contribution is 0.0365. The van der Waals surface area contributed by atoms with Gasteiger partial charge in [-0.3, -0.25) is 4.90 Å². The minimum absolute atomic E-state index is 0.0353. The van der Waals surface area contributed by atoms with Crippen LogP contribution in [0.4, 0.5) is 5.69 Å². The summed E-state index contributed by atoms with van der Waals surface area (Å²) in [4.78, 5) is 4.70. The van der Waals surface area contributed by atoms with E-state index in [2.05, 4.69) is 60.2 Å². The Bertz CT molecular complexity index is 1120. The van der Waals surface area contributed by atoms with Crippen molar-refractivity contribution in [1.29, 1.82) is 0 Å². The van der Waals surface area contributed by atoms with Crippen molar-refractivity contribution in [1.82, 2.24) is 9.80 Å². The number of nitrogens with zero attached hydrogens (tertiary/aromatic N) is 2. The molecule has 1 aliphatic heterocycles. The molecule has 1 saturated heterocycles. The van der Waals surface area contributed by atoms with Crippen molar-refractivity contribution >= 4 is 34.0 Å². The molecule has 1 fully saturated rings. The number of ether oxygens (including phenoxy) is 2. The molecule has 0 bridgehead atoms.